The summed E-state index contributed by atoms with van der Waals surface area (Å²) in [6.45, 7) is 3.78. The molecule has 0 spiro atoms. The first kappa shape index (κ1) is 11.3. The zero-order valence-corrected chi connectivity index (χ0v) is 9.77. The van der Waals surface area contributed by atoms with Crippen LogP contribution in [0.4, 0.5) is 0 Å². The minimum atomic E-state index is -0.155. The van der Waals surface area contributed by atoms with E-state index in [9.17, 15) is 4.79 Å². The van der Waals surface area contributed by atoms with Gasteiger partial charge in [-0.1, -0.05) is 0 Å². The summed E-state index contributed by atoms with van der Waals surface area (Å²) in [5, 5.41) is 2.85. The van der Waals surface area contributed by atoms with Crippen molar-refractivity contribution in [3.05, 3.63) is 47.8 Å². The number of imidazole rings is 1. The smallest absolute Gasteiger partial charge is 0.253 e. The molecule has 0 saturated carbocycles. The molecule has 0 saturated heterocycles. The summed E-state index contributed by atoms with van der Waals surface area (Å²) in [6.07, 6.45) is 6.66. The van der Waals surface area contributed by atoms with E-state index in [-0.39, 0.29) is 11.9 Å². The molecule has 2 N–H and O–H groups in total. The van der Waals surface area contributed by atoms with Gasteiger partial charge >= 0.3 is 0 Å². The van der Waals surface area contributed by atoms with E-state index in [1.54, 1.807) is 30.9 Å². The van der Waals surface area contributed by atoms with Crippen LogP contribution in [-0.4, -0.2) is 20.9 Å². The Labute approximate surface area is 99.3 Å². The van der Waals surface area contributed by atoms with E-state index in [1.807, 2.05) is 13.8 Å². The van der Waals surface area contributed by atoms with Gasteiger partial charge in [0, 0.05) is 24.8 Å². The standard InChI is InChI=1S/C12H14N4O/c1-8-5-10(7-13-6-8)12(17)16-9(2)11-14-3-4-15-11/h3-7,9H,1-2H3,(H,14,15)(H,16,17). The molecule has 2 aromatic rings. The van der Waals surface area contributed by atoms with Gasteiger partial charge in [0.2, 0.25) is 0 Å². The Hall–Kier alpha value is -2.17. The minimum absolute atomic E-state index is 0.148. The summed E-state index contributed by atoms with van der Waals surface area (Å²) in [5.41, 5.74) is 1.52. The lowest BCUT2D eigenvalue weighted by molar-refractivity contribution is 0.0938. The number of nitrogens with one attached hydrogen (secondary N) is 2. The zero-order valence-electron chi connectivity index (χ0n) is 9.77. The molecule has 2 rings (SSSR count). The third-order valence-corrected chi connectivity index (χ3v) is 2.41. The van der Waals surface area contributed by atoms with Gasteiger partial charge in [0.15, 0.2) is 0 Å². The van der Waals surface area contributed by atoms with Gasteiger partial charge in [0.1, 0.15) is 5.82 Å². The fraction of sp³-hybridized carbons (Fsp3) is 0.250. The van der Waals surface area contributed by atoms with E-state index in [0.717, 1.165) is 11.4 Å². The first-order chi connectivity index (χ1) is 8.16. The number of aryl methyl sites for hydroxylation is 1. The fourth-order valence-electron chi connectivity index (χ4n) is 1.54. The van der Waals surface area contributed by atoms with Crippen molar-refractivity contribution in [3.8, 4) is 0 Å². The van der Waals surface area contributed by atoms with E-state index in [1.165, 1.54) is 0 Å². The number of pyridine rings is 1. The number of carbonyl (C=O) groups excluding carboxylic acids is 1. The minimum Gasteiger partial charge on any atom is -0.347 e. The molecule has 1 atom stereocenters. The molecule has 0 fully saturated rings. The second-order valence-electron chi connectivity index (χ2n) is 3.92. The van der Waals surface area contributed by atoms with Gasteiger partial charge in [0.25, 0.3) is 5.91 Å². The van der Waals surface area contributed by atoms with Crippen LogP contribution in [0, 0.1) is 6.92 Å². The molecule has 0 aliphatic rings. The zero-order chi connectivity index (χ0) is 12.3. The van der Waals surface area contributed by atoms with Gasteiger partial charge in [-0.2, -0.15) is 0 Å². The quantitative estimate of drug-likeness (QED) is 0.841. The Morgan fingerprint density at radius 1 is 1.47 bits per heavy atom. The molecule has 0 bridgehead atoms. The second-order valence-corrected chi connectivity index (χ2v) is 3.92. The number of carbonyl (C=O) groups is 1. The highest BCUT2D eigenvalue weighted by atomic mass is 16.1. The molecule has 88 valence electrons. The number of hydrogen-bond donors (Lipinski definition) is 2. The summed E-state index contributed by atoms with van der Waals surface area (Å²) in [5.74, 6) is 0.587. The topological polar surface area (TPSA) is 70.7 Å². The summed E-state index contributed by atoms with van der Waals surface area (Å²) in [4.78, 5) is 23.0. The summed E-state index contributed by atoms with van der Waals surface area (Å²) in [7, 11) is 0. The number of aromatic amines is 1. The SMILES string of the molecule is Cc1cncc(C(=O)NC(C)c2ncc[nH]2)c1. The van der Waals surface area contributed by atoms with Crippen LogP contribution < -0.4 is 5.32 Å². The third kappa shape index (κ3) is 2.69. The molecule has 0 aliphatic heterocycles. The molecular formula is C12H14N4O. The van der Waals surface area contributed by atoms with Crippen LogP contribution in [0.15, 0.2) is 30.9 Å². The lowest BCUT2D eigenvalue weighted by Gasteiger charge is -2.11. The third-order valence-electron chi connectivity index (χ3n) is 2.41. The molecule has 0 aliphatic carbocycles. The van der Waals surface area contributed by atoms with Crippen LogP contribution in [0.3, 0.4) is 0 Å². The number of amides is 1. The van der Waals surface area contributed by atoms with Gasteiger partial charge in [-0.25, -0.2) is 4.98 Å². The molecule has 0 radical (unpaired) electrons. The lowest BCUT2D eigenvalue weighted by atomic mass is 10.2. The van der Waals surface area contributed by atoms with Gasteiger partial charge < -0.3 is 10.3 Å². The Morgan fingerprint density at radius 2 is 2.29 bits per heavy atom. The van der Waals surface area contributed by atoms with Crippen LogP contribution in [0.2, 0.25) is 0 Å². The number of hydrogen-bond acceptors (Lipinski definition) is 3. The Balaban J connectivity index is 2.07. The van der Waals surface area contributed by atoms with Gasteiger partial charge in [-0.3, -0.25) is 9.78 Å². The maximum Gasteiger partial charge on any atom is 0.253 e. The molecule has 2 aromatic heterocycles. The van der Waals surface area contributed by atoms with E-state index >= 15 is 0 Å². The van der Waals surface area contributed by atoms with Crippen LogP contribution in [0.1, 0.15) is 34.7 Å². The summed E-state index contributed by atoms with van der Waals surface area (Å²) < 4.78 is 0. The Morgan fingerprint density at radius 3 is 2.94 bits per heavy atom. The largest absolute Gasteiger partial charge is 0.347 e. The number of H-pyrrole nitrogens is 1. The molecule has 0 aromatic carbocycles. The van der Waals surface area contributed by atoms with Crippen molar-refractivity contribution in [2.24, 2.45) is 0 Å². The van der Waals surface area contributed by atoms with Crippen molar-refractivity contribution in [3.63, 3.8) is 0 Å². The van der Waals surface area contributed by atoms with Crippen molar-refractivity contribution < 1.29 is 4.79 Å². The summed E-state index contributed by atoms with van der Waals surface area (Å²) in [6, 6.07) is 1.65. The molecule has 17 heavy (non-hydrogen) atoms. The van der Waals surface area contributed by atoms with Crippen molar-refractivity contribution in [1.29, 1.82) is 0 Å². The van der Waals surface area contributed by atoms with E-state index < -0.39 is 0 Å². The lowest BCUT2D eigenvalue weighted by Crippen LogP contribution is -2.27. The van der Waals surface area contributed by atoms with Crippen LogP contribution in [0.25, 0.3) is 0 Å². The molecule has 5 heteroatoms. The Bertz CT molecular complexity index is 507. The molecule has 1 amide bonds. The summed E-state index contributed by atoms with van der Waals surface area (Å²) >= 11 is 0. The van der Waals surface area contributed by atoms with E-state index in [4.69, 9.17) is 0 Å². The van der Waals surface area contributed by atoms with E-state index in [0.29, 0.717) is 5.56 Å². The first-order valence-corrected chi connectivity index (χ1v) is 5.38. The predicted octanol–water partition coefficient (Wildman–Crippen LogP) is 1.60. The van der Waals surface area contributed by atoms with E-state index in [2.05, 4.69) is 20.3 Å². The average molecular weight is 230 g/mol. The van der Waals surface area contributed by atoms with Crippen molar-refractivity contribution in [2.75, 3.05) is 0 Å². The van der Waals surface area contributed by atoms with Crippen LogP contribution in [0.5, 0.6) is 0 Å². The van der Waals surface area contributed by atoms with Gasteiger partial charge in [0.05, 0.1) is 11.6 Å². The number of nitrogens with zero attached hydrogens (tertiary/aromatic N) is 2. The number of aromatic nitrogens is 3. The Kier molecular flexibility index (Phi) is 3.18. The van der Waals surface area contributed by atoms with Gasteiger partial charge in [-0.05, 0) is 25.5 Å². The molecule has 1 unspecified atom stereocenters. The second kappa shape index (κ2) is 4.78. The average Bonchev–Trinajstić information content (AvgIpc) is 2.82. The monoisotopic (exact) mass is 230 g/mol. The number of rotatable bonds is 3. The maximum atomic E-state index is 11.9. The molecular weight excluding hydrogens is 216 g/mol. The highest BCUT2D eigenvalue weighted by molar-refractivity contribution is 5.94. The molecule has 5 nitrogen and oxygen atoms in total. The normalized spacial score (nSPS) is 12.1. The maximum absolute atomic E-state index is 11.9. The van der Waals surface area contributed by atoms with Crippen molar-refractivity contribution in [2.45, 2.75) is 19.9 Å². The van der Waals surface area contributed by atoms with Crippen LogP contribution in [-0.2, 0) is 0 Å². The van der Waals surface area contributed by atoms with Crippen molar-refractivity contribution in [1.82, 2.24) is 20.3 Å². The van der Waals surface area contributed by atoms with Crippen molar-refractivity contribution >= 4 is 5.91 Å². The predicted molar refractivity (Wildman–Crippen MR) is 63.4 cm³/mol. The molecule has 2 heterocycles. The van der Waals surface area contributed by atoms with Crippen LogP contribution >= 0.6 is 0 Å². The highest BCUT2D eigenvalue weighted by Crippen LogP contribution is 2.08. The first-order valence-electron chi connectivity index (χ1n) is 5.38. The van der Waals surface area contributed by atoms with Gasteiger partial charge in [-0.15, -0.1) is 0 Å². The fourth-order valence-corrected chi connectivity index (χ4v) is 1.54. The highest BCUT2D eigenvalue weighted by Gasteiger charge is 2.13.